The number of benzene rings is 1. The first-order chi connectivity index (χ1) is 9.83. The van der Waals surface area contributed by atoms with Gasteiger partial charge in [0.05, 0.1) is 12.3 Å². The molecule has 1 unspecified atom stereocenters. The van der Waals surface area contributed by atoms with Gasteiger partial charge in [-0.25, -0.2) is 0 Å². The van der Waals surface area contributed by atoms with Crippen LogP contribution in [0.5, 0.6) is 0 Å². The summed E-state index contributed by atoms with van der Waals surface area (Å²) in [5, 5.41) is 4.18. The van der Waals surface area contributed by atoms with Gasteiger partial charge in [0, 0.05) is 19.4 Å². The second-order valence-corrected chi connectivity index (χ2v) is 5.49. The minimum Gasteiger partial charge on any atom is -0.390 e. The Kier molecular flexibility index (Phi) is 4.00. The predicted molar refractivity (Wildman–Crippen MR) is 77.5 cm³/mol. The van der Waals surface area contributed by atoms with Crippen LogP contribution in [0.3, 0.4) is 0 Å². The predicted octanol–water partition coefficient (Wildman–Crippen LogP) is 2.58. The van der Waals surface area contributed by atoms with E-state index in [-0.39, 0.29) is 12.0 Å². The molecule has 4 heteroatoms. The Morgan fingerprint density at radius 3 is 2.90 bits per heavy atom. The van der Waals surface area contributed by atoms with Crippen LogP contribution in [0, 0.1) is 0 Å². The summed E-state index contributed by atoms with van der Waals surface area (Å²) >= 11 is 0. The van der Waals surface area contributed by atoms with Crippen molar-refractivity contribution >= 4 is 11.6 Å². The van der Waals surface area contributed by atoms with Gasteiger partial charge in [0.1, 0.15) is 0 Å². The summed E-state index contributed by atoms with van der Waals surface area (Å²) in [6, 6.07) is 10.1. The Labute approximate surface area is 119 Å². The lowest BCUT2D eigenvalue weighted by molar-refractivity contribution is -0.132. The second kappa shape index (κ2) is 6.07. The maximum absolute atomic E-state index is 12.0. The zero-order chi connectivity index (χ0) is 13.8. The van der Waals surface area contributed by atoms with Crippen molar-refractivity contribution in [2.45, 2.75) is 38.2 Å². The lowest BCUT2D eigenvalue weighted by atomic mass is 10.0. The highest BCUT2D eigenvalue weighted by Crippen LogP contribution is 2.19. The zero-order valence-electron chi connectivity index (χ0n) is 11.6. The largest absolute Gasteiger partial charge is 0.390 e. The van der Waals surface area contributed by atoms with Gasteiger partial charge in [-0.15, -0.1) is 0 Å². The number of carbonyl (C=O) groups excluding carboxylic acids is 1. The third-order valence-corrected chi connectivity index (χ3v) is 3.94. The first-order valence-corrected chi connectivity index (χ1v) is 7.39. The summed E-state index contributed by atoms with van der Waals surface area (Å²) in [5.41, 5.74) is 2.09. The van der Waals surface area contributed by atoms with Gasteiger partial charge in [-0.2, -0.15) is 0 Å². The highest BCUT2D eigenvalue weighted by Gasteiger charge is 2.27. The second-order valence-electron chi connectivity index (χ2n) is 5.49. The van der Waals surface area contributed by atoms with Crippen LogP contribution in [0.2, 0.25) is 0 Å². The number of amides is 1. The highest BCUT2D eigenvalue weighted by atomic mass is 16.6. The quantitative estimate of drug-likeness (QED) is 0.848. The molecule has 0 aliphatic carbocycles. The van der Waals surface area contributed by atoms with Crippen molar-refractivity contribution in [3.8, 4) is 0 Å². The lowest BCUT2D eigenvalue weighted by Gasteiger charge is -2.22. The summed E-state index contributed by atoms with van der Waals surface area (Å²) in [4.78, 5) is 19.4. The summed E-state index contributed by atoms with van der Waals surface area (Å²) in [6.45, 7) is 1.53. The molecule has 1 aromatic carbocycles. The molecule has 1 saturated heterocycles. The van der Waals surface area contributed by atoms with Crippen LogP contribution in [0.4, 0.5) is 0 Å². The summed E-state index contributed by atoms with van der Waals surface area (Å²) in [5.74, 6) is 0.263. The topological polar surface area (TPSA) is 41.9 Å². The standard InChI is InChI=1S/C16H20N2O2/c19-16-9-5-2-6-10-18(16)12-14-11-15(17-20-14)13-7-3-1-4-8-13/h1,3-4,7-8,14H,2,5-6,9-12H2. The van der Waals surface area contributed by atoms with Crippen LogP contribution in [-0.2, 0) is 9.63 Å². The highest BCUT2D eigenvalue weighted by molar-refractivity contribution is 6.01. The molecule has 0 N–H and O–H groups in total. The van der Waals surface area contributed by atoms with Gasteiger partial charge < -0.3 is 9.74 Å². The van der Waals surface area contributed by atoms with Gasteiger partial charge in [-0.05, 0) is 18.4 Å². The summed E-state index contributed by atoms with van der Waals surface area (Å²) in [6.07, 6.45) is 4.75. The minimum atomic E-state index is 0.00672. The van der Waals surface area contributed by atoms with E-state index >= 15 is 0 Å². The van der Waals surface area contributed by atoms with E-state index < -0.39 is 0 Å². The molecule has 1 fully saturated rings. The van der Waals surface area contributed by atoms with E-state index in [2.05, 4.69) is 5.16 Å². The Morgan fingerprint density at radius 1 is 1.20 bits per heavy atom. The summed E-state index contributed by atoms with van der Waals surface area (Å²) < 4.78 is 0. The van der Waals surface area contributed by atoms with Gasteiger partial charge in [-0.3, -0.25) is 4.79 Å². The Hall–Kier alpha value is -1.84. The van der Waals surface area contributed by atoms with E-state index in [4.69, 9.17) is 4.84 Å². The van der Waals surface area contributed by atoms with Crippen LogP contribution < -0.4 is 0 Å². The van der Waals surface area contributed by atoms with Crippen molar-refractivity contribution in [3.05, 3.63) is 35.9 Å². The van der Waals surface area contributed by atoms with Crippen molar-refractivity contribution in [2.75, 3.05) is 13.1 Å². The number of likely N-dealkylation sites (tertiary alicyclic amines) is 1. The van der Waals surface area contributed by atoms with Gasteiger partial charge in [0.25, 0.3) is 0 Å². The number of nitrogens with zero attached hydrogens (tertiary/aromatic N) is 2. The number of carbonyl (C=O) groups is 1. The minimum absolute atomic E-state index is 0.00672. The molecule has 0 saturated carbocycles. The molecule has 1 aromatic rings. The van der Waals surface area contributed by atoms with Crippen LogP contribution in [0.25, 0.3) is 0 Å². The molecule has 0 spiro atoms. The lowest BCUT2D eigenvalue weighted by Crippen LogP contribution is -2.37. The maximum atomic E-state index is 12.0. The molecule has 3 rings (SSSR count). The molecule has 1 atom stereocenters. The Balaban J connectivity index is 1.58. The molecule has 0 aromatic heterocycles. The van der Waals surface area contributed by atoms with Crippen LogP contribution in [0.1, 0.15) is 37.7 Å². The van der Waals surface area contributed by atoms with Crippen LogP contribution in [0.15, 0.2) is 35.5 Å². The molecule has 0 radical (unpaired) electrons. The van der Waals surface area contributed by atoms with Gasteiger partial charge >= 0.3 is 0 Å². The monoisotopic (exact) mass is 272 g/mol. The van der Waals surface area contributed by atoms with Crippen LogP contribution in [-0.4, -0.2) is 35.7 Å². The molecule has 0 bridgehead atoms. The zero-order valence-corrected chi connectivity index (χ0v) is 11.6. The average molecular weight is 272 g/mol. The van der Waals surface area contributed by atoms with E-state index in [0.29, 0.717) is 13.0 Å². The average Bonchev–Trinajstić information content (AvgIpc) is 2.86. The molecule has 2 heterocycles. The van der Waals surface area contributed by atoms with Crippen LogP contribution >= 0.6 is 0 Å². The van der Waals surface area contributed by atoms with Crippen molar-refractivity contribution in [1.82, 2.24) is 4.90 Å². The fourth-order valence-corrected chi connectivity index (χ4v) is 2.80. The molecular formula is C16H20N2O2. The first kappa shape index (κ1) is 13.2. The Bertz CT molecular complexity index is 498. The number of hydrogen-bond donors (Lipinski definition) is 0. The fourth-order valence-electron chi connectivity index (χ4n) is 2.80. The van der Waals surface area contributed by atoms with Gasteiger partial charge in [-0.1, -0.05) is 41.9 Å². The normalized spacial score (nSPS) is 23.2. The van der Waals surface area contributed by atoms with E-state index in [1.807, 2.05) is 35.2 Å². The molecule has 2 aliphatic heterocycles. The smallest absolute Gasteiger partial charge is 0.222 e. The number of oxime groups is 1. The van der Waals surface area contributed by atoms with Crippen molar-refractivity contribution in [2.24, 2.45) is 5.16 Å². The molecule has 2 aliphatic rings. The third kappa shape index (κ3) is 3.00. The maximum Gasteiger partial charge on any atom is 0.222 e. The fraction of sp³-hybridized carbons (Fsp3) is 0.500. The van der Waals surface area contributed by atoms with Crippen molar-refractivity contribution in [1.29, 1.82) is 0 Å². The molecule has 20 heavy (non-hydrogen) atoms. The van der Waals surface area contributed by atoms with E-state index in [0.717, 1.165) is 43.5 Å². The van der Waals surface area contributed by atoms with Gasteiger partial charge in [0.2, 0.25) is 5.91 Å². The van der Waals surface area contributed by atoms with E-state index in [1.54, 1.807) is 0 Å². The third-order valence-electron chi connectivity index (χ3n) is 3.94. The number of hydrogen-bond acceptors (Lipinski definition) is 3. The number of rotatable bonds is 3. The first-order valence-electron chi connectivity index (χ1n) is 7.39. The molecule has 1 amide bonds. The molecule has 106 valence electrons. The van der Waals surface area contributed by atoms with E-state index in [1.165, 1.54) is 0 Å². The van der Waals surface area contributed by atoms with Crippen molar-refractivity contribution < 1.29 is 9.63 Å². The summed E-state index contributed by atoms with van der Waals surface area (Å²) in [7, 11) is 0. The SMILES string of the molecule is O=C1CCCCCN1CC1CC(c2ccccc2)=NO1. The van der Waals surface area contributed by atoms with E-state index in [9.17, 15) is 4.79 Å². The Morgan fingerprint density at radius 2 is 2.05 bits per heavy atom. The molecule has 4 nitrogen and oxygen atoms in total. The van der Waals surface area contributed by atoms with Crippen molar-refractivity contribution in [3.63, 3.8) is 0 Å². The van der Waals surface area contributed by atoms with Gasteiger partial charge in [0.15, 0.2) is 6.10 Å². The molecular weight excluding hydrogens is 252 g/mol.